The molecule has 0 N–H and O–H groups in total. The Hall–Kier alpha value is -2.91. The predicted molar refractivity (Wildman–Crippen MR) is 78.8 cm³/mol. The Morgan fingerprint density at radius 1 is 0.846 bits per heavy atom. The van der Waals surface area contributed by atoms with E-state index in [0.717, 1.165) is 0 Å². The lowest BCUT2D eigenvalue weighted by Gasteiger charge is -2.14. The van der Waals surface area contributed by atoms with Gasteiger partial charge in [-0.25, -0.2) is 4.68 Å². The maximum absolute atomic E-state index is 13.0. The van der Waals surface area contributed by atoms with E-state index in [1.165, 1.54) is 23.3 Å². The number of pyridine rings is 1. The predicted octanol–water partition coefficient (Wildman–Crippen LogP) is 4.43. The van der Waals surface area contributed by atoms with Gasteiger partial charge < -0.3 is 0 Å². The highest BCUT2D eigenvalue weighted by atomic mass is 19.4. The third kappa shape index (κ3) is 3.84. The van der Waals surface area contributed by atoms with E-state index >= 15 is 0 Å². The van der Waals surface area contributed by atoms with E-state index in [0.29, 0.717) is 23.4 Å². The monoisotopic (exact) mass is 372 g/mol. The lowest BCUT2D eigenvalue weighted by Crippen LogP contribution is -2.13. The zero-order chi connectivity index (χ0) is 18.9. The van der Waals surface area contributed by atoms with E-state index in [9.17, 15) is 26.3 Å². The largest absolute Gasteiger partial charge is 0.416 e. The Kier molecular flexibility index (Phi) is 4.43. The summed E-state index contributed by atoms with van der Waals surface area (Å²) in [6.07, 6.45) is -5.43. The minimum absolute atomic E-state index is 0.0919. The first-order chi connectivity index (χ1) is 12.1. The molecule has 0 spiro atoms. The number of hydrogen-bond acceptors (Lipinski definition) is 3. The zero-order valence-electron chi connectivity index (χ0n) is 12.9. The molecule has 0 aliphatic heterocycles. The van der Waals surface area contributed by atoms with Crippen LogP contribution in [0.25, 0.3) is 11.3 Å². The Bertz CT molecular complexity index is 867. The van der Waals surface area contributed by atoms with Crippen LogP contribution in [0.5, 0.6) is 0 Å². The summed E-state index contributed by atoms with van der Waals surface area (Å²) in [5.74, 6) is 0. The summed E-state index contributed by atoms with van der Waals surface area (Å²) in [6, 6.07) is 4.69. The molecular weight excluding hydrogens is 362 g/mol. The second-order valence-corrected chi connectivity index (χ2v) is 5.43. The highest BCUT2D eigenvalue weighted by Gasteiger charge is 2.36. The van der Waals surface area contributed by atoms with Crippen LogP contribution in [0, 0.1) is 0 Å². The number of aromatic nitrogens is 4. The van der Waals surface area contributed by atoms with Crippen molar-refractivity contribution in [2.45, 2.75) is 18.9 Å². The van der Waals surface area contributed by atoms with Crippen molar-refractivity contribution in [2.24, 2.45) is 0 Å². The van der Waals surface area contributed by atoms with Gasteiger partial charge in [0.25, 0.3) is 0 Å². The molecule has 4 nitrogen and oxygen atoms in total. The van der Waals surface area contributed by atoms with Crippen LogP contribution >= 0.6 is 0 Å². The van der Waals surface area contributed by atoms with Crippen LogP contribution in [0.2, 0.25) is 0 Å². The van der Waals surface area contributed by atoms with Gasteiger partial charge in [0.05, 0.1) is 29.6 Å². The Morgan fingerprint density at radius 3 is 1.96 bits per heavy atom. The minimum Gasteiger partial charge on any atom is -0.265 e. The van der Waals surface area contributed by atoms with Crippen molar-refractivity contribution in [3.8, 4) is 11.3 Å². The fraction of sp³-hybridized carbons (Fsp3) is 0.188. The van der Waals surface area contributed by atoms with Gasteiger partial charge in [0, 0.05) is 18.0 Å². The van der Waals surface area contributed by atoms with Gasteiger partial charge in [0.1, 0.15) is 0 Å². The van der Waals surface area contributed by atoms with Gasteiger partial charge in [-0.2, -0.15) is 26.3 Å². The fourth-order valence-electron chi connectivity index (χ4n) is 2.40. The van der Waals surface area contributed by atoms with Gasteiger partial charge >= 0.3 is 12.4 Å². The van der Waals surface area contributed by atoms with E-state index in [1.54, 1.807) is 12.1 Å². The average molecular weight is 372 g/mol. The van der Waals surface area contributed by atoms with E-state index in [1.807, 2.05) is 0 Å². The number of hydrogen-bond donors (Lipinski definition) is 0. The van der Waals surface area contributed by atoms with Crippen LogP contribution in [-0.2, 0) is 18.9 Å². The maximum atomic E-state index is 13.0. The van der Waals surface area contributed by atoms with Crippen LogP contribution < -0.4 is 0 Å². The molecule has 2 heterocycles. The second-order valence-electron chi connectivity index (χ2n) is 5.43. The first-order valence-electron chi connectivity index (χ1n) is 7.22. The van der Waals surface area contributed by atoms with Crippen LogP contribution in [0.15, 0.2) is 48.9 Å². The fourth-order valence-corrected chi connectivity index (χ4v) is 2.40. The van der Waals surface area contributed by atoms with Crippen molar-refractivity contribution >= 4 is 0 Å². The molecule has 0 atom stereocenters. The minimum atomic E-state index is -4.90. The lowest BCUT2D eigenvalue weighted by molar-refractivity contribution is -0.143. The van der Waals surface area contributed by atoms with Gasteiger partial charge in [-0.15, -0.1) is 5.10 Å². The molecule has 0 amide bonds. The highest BCUT2D eigenvalue weighted by Crippen LogP contribution is 2.36. The third-order valence-corrected chi connectivity index (χ3v) is 3.57. The number of alkyl halides is 6. The first-order valence-corrected chi connectivity index (χ1v) is 7.22. The van der Waals surface area contributed by atoms with Gasteiger partial charge in [-0.3, -0.25) is 4.98 Å². The number of nitrogens with zero attached hydrogens (tertiary/aromatic N) is 4. The standard InChI is InChI=1S/C16H10F6N4/c17-15(18,19)12-5-10(6-13(7-12)16(20,21)22)9-26-14(8-24-25-26)11-1-3-23-4-2-11/h1-8H,9H2. The SMILES string of the molecule is FC(F)(F)c1cc(Cn2nncc2-c2ccncc2)cc(C(F)(F)F)c1. The molecular formula is C16H10F6N4. The van der Waals surface area contributed by atoms with Gasteiger partial charge in [0.15, 0.2) is 0 Å². The molecule has 0 aliphatic rings. The van der Waals surface area contributed by atoms with Crippen LogP contribution in [-0.4, -0.2) is 20.0 Å². The lowest BCUT2D eigenvalue weighted by atomic mass is 10.0. The Morgan fingerprint density at radius 2 is 1.42 bits per heavy atom. The second kappa shape index (κ2) is 6.43. The highest BCUT2D eigenvalue weighted by molar-refractivity contribution is 5.57. The summed E-state index contributed by atoms with van der Waals surface area (Å²) in [6.45, 7) is -0.301. The van der Waals surface area contributed by atoms with E-state index in [-0.39, 0.29) is 18.2 Å². The first kappa shape index (κ1) is 17.9. The maximum Gasteiger partial charge on any atom is 0.416 e. The molecule has 0 aliphatic carbocycles. The summed E-state index contributed by atoms with van der Waals surface area (Å²) >= 11 is 0. The van der Waals surface area contributed by atoms with E-state index < -0.39 is 23.5 Å². The molecule has 0 fully saturated rings. The summed E-state index contributed by atoms with van der Waals surface area (Å²) in [7, 11) is 0. The number of rotatable bonds is 3. The van der Waals surface area contributed by atoms with Crippen LogP contribution in [0.4, 0.5) is 26.3 Å². The quantitative estimate of drug-likeness (QED) is 0.639. The van der Waals surface area contributed by atoms with Crippen molar-refractivity contribution in [1.82, 2.24) is 20.0 Å². The molecule has 0 saturated carbocycles. The number of halogens is 6. The molecule has 0 radical (unpaired) electrons. The van der Waals surface area contributed by atoms with E-state index in [4.69, 9.17) is 0 Å². The number of benzene rings is 1. The van der Waals surface area contributed by atoms with Crippen molar-refractivity contribution in [1.29, 1.82) is 0 Å². The van der Waals surface area contributed by atoms with Crippen LogP contribution in [0.1, 0.15) is 16.7 Å². The van der Waals surface area contributed by atoms with Gasteiger partial charge in [-0.1, -0.05) is 5.21 Å². The van der Waals surface area contributed by atoms with Gasteiger partial charge in [-0.05, 0) is 35.9 Å². The third-order valence-electron chi connectivity index (χ3n) is 3.57. The molecule has 26 heavy (non-hydrogen) atoms. The van der Waals surface area contributed by atoms with Crippen molar-refractivity contribution in [3.05, 3.63) is 65.6 Å². The topological polar surface area (TPSA) is 43.6 Å². The molecule has 0 bridgehead atoms. The molecule has 3 aromatic rings. The normalized spacial score (nSPS) is 12.4. The molecule has 1 aromatic carbocycles. The van der Waals surface area contributed by atoms with Crippen molar-refractivity contribution < 1.29 is 26.3 Å². The summed E-state index contributed by atoms with van der Waals surface area (Å²) in [4.78, 5) is 3.85. The van der Waals surface area contributed by atoms with Crippen molar-refractivity contribution in [3.63, 3.8) is 0 Å². The molecule has 0 unspecified atom stereocenters. The summed E-state index contributed by atoms with van der Waals surface area (Å²) in [5, 5.41) is 7.44. The Balaban J connectivity index is 2.02. The summed E-state index contributed by atoms with van der Waals surface area (Å²) < 4.78 is 78.9. The van der Waals surface area contributed by atoms with E-state index in [2.05, 4.69) is 15.3 Å². The molecule has 3 rings (SSSR count). The average Bonchev–Trinajstić information content (AvgIpc) is 3.02. The zero-order valence-corrected chi connectivity index (χ0v) is 12.9. The van der Waals surface area contributed by atoms with Crippen molar-refractivity contribution in [2.75, 3.05) is 0 Å². The summed E-state index contributed by atoms with van der Waals surface area (Å²) in [5.41, 5.74) is -1.85. The molecule has 0 saturated heterocycles. The molecule has 10 heteroatoms. The Labute approximate surface area is 143 Å². The molecule has 136 valence electrons. The smallest absolute Gasteiger partial charge is 0.265 e. The van der Waals surface area contributed by atoms with Gasteiger partial charge in [0.2, 0.25) is 0 Å². The molecule has 2 aromatic heterocycles. The van der Waals surface area contributed by atoms with Crippen LogP contribution in [0.3, 0.4) is 0 Å².